The number of benzene rings is 2. The number of amides is 1. The van der Waals surface area contributed by atoms with Crippen molar-refractivity contribution in [2.75, 3.05) is 7.11 Å². The Labute approximate surface area is 153 Å². The summed E-state index contributed by atoms with van der Waals surface area (Å²) in [5, 5.41) is 3.15. The van der Waals surface area contributed by atoms with Crippen LogP contribution in [0.5, 0.6) is 5.75 Å². The van der Waals surface area contributed by atoms with E-state index in [-0.39, 0.29) is 11.9 Å². The molecule has 0 saturated heterocycles. The van der Waals surface area contributed by atoms with Gasteiger partial charge in [0, 0.05) is 25.4 Å². The van der Waals surface area contributed by atoms with Gasteiger partial charge >= 0.3 is 0 Å². The van der Waals surface area contributed by atoms with Crippen LogP contribution in [0.15, 0.2) is 73.3 Å². The Bertz CT molecular complexity index is 816. The zero-order chi connectivity index (χ0) is 18.2. The second kappa shape index (κ2) is 8.85. The van der Waals surface area contributed by atoms with Gasteiger partial charge in [-0.05, 0) is 29.7 Å². The molecule has 3 rings (SSSR count). The molecule has 1 aromatic heterocycles. The fraction of sp³-hybridized carbons (Fsp3) is 0.238. The monoisotopic (exact) mass is 349 g/mol. The number of hydrogen-bond acceptors (Lipinski definition) is 3. The Morgan fingerprint density at radius 1 is 1.19 bits per heavy atom. The summed E-state index contributed by atoms with van der Waals surface area (Å²) < 4.78 is 7.21. The highest BCUT2D eigenvalue weighted by atomic mass is 16.5. The third-order valence-electron chi connectivity index (χ3n) is 4.26. The highest BCUT2D eigenvalue weighted by Gasteiger charge is 2.15. The highest BCUT2D eigenvalue weighted by molar-refractivity contribution is 5.76. The predicted molar refractivity (Wildman–Crippen MR) is 101 cm³/mol. The number of carbonyl (C=O) groups excluding carboxylic acids is 1. The van der Waals surface area contributed by atoms with Crippen LogP contribution in [0.25, 0.3) is 0 Å². The van der Waals surface area contributed by atoms with Gasteiger partial charge in [0.2, 0.25) is 5.91 Å². The fourth-order valence-electron chi connectivity index (χ4n) is 2.88. The minimum Gasteiger partial charge on any atom is -0.497 e. The SMILES string of the molecule is COc1cccc(CCC(=O)N[C@H](Cn2ccnc2)c2ccccc2)c1. The summed E-state index contributed by atoms with van der Waals surface area (Å²) >= 11 is 0. The van der Waals surface area contributed by atoms with E-state index < -0.39 is 0 Å². The van der Waals surface area contributed by atoms with Gasteiger partial charge in [-0.2, -0.15) is 0 Å². The van der Waals surface area contributed by atoms with E-state index in [2.05, 4.69) is 10.3 Å². The van der Waals surface area contributed by atoms with Crippen LogP contribution in [-0.2, 0) is 17.8 Å². The Morgan fingerprint density at radius 2 is 2.04 bits per heavy atom. The van der Waals surface area contributed by atoms with E-state index in [4.69, 9.17) is 4.74 Å². The van der Waals surface area contributed by atoms with Crippen molar-refractivity contribution in [1.82, 2.24) is 14.9 Å². The first kappa shape index (κ1) is 17.7. The van der Waals surface area contributed by atoms with Gasteiger partial charge in [-0.1, -0.05) is 42.5 Å². The van der Waals surface area contributed by atoms with E-state index >= 15 is 0 Å². The number of imidazole rings is 1. The van der Waals surface area contributed by atoms with E-state index in [1.54, 1.807) is 19.6 Å². The predicted octanol–water partition coefficient (Wildman–Crippen LogP) is 3.38. The molecule has 1 heterocycles. The zero-order valence-electron chi connectivity index (χ0n) is 14.8. The van der Waals surface area contributed by atoms with Gasteiger partial charge in [-0.25, -0.2) is 4.98 Å². The molecule has 0 spiro atoms. The molecule has 3 aromatic rings. The number of rotatable bonds is 8. The van der Waals surface area contributed by atoms with E-state index in [0.29, 0.717) is 19.4 Å². The molecule has 0 saturated carbocycles. The standard InChI is InChI=1S/C21H23N3O2/c1-26-19-9-5-6-17(14-19)10-11-21(25)23-20(15-24-13-12-22-16-24)18-7-3-2-4-8-18/h2-9,12-14,16,20H,10-11,15H2,1H3,(H,23,25)/t20-/m1/s1. The van der Waals surface area contributed by atoms with E-state index in [0.717, 1.165) is 16.9 Å². The Morgan fingerprint density at radius 3 is 2.77 bits per heavy atom. The number of nitrogens with one attached hydrogen (secondary N) is 1. The third kappa shape index (κ3) is 4.96. The lowest BCUT2D eigenvalue weighted by atomic mass is 10.1. The normalized spacial score (nSPS) is 11.7. The highest BCUT2D eigenvalue weighted by Crippen LogP contribution is 2.17. The summed E-state index contributed by atoms with van der Waals surface area (Å²) in [4.78, 5) is 16.6. The molecular weight excluding hydrogens is 326 g/mol. The molecule has 0 unspecified atom stereocenters. The number of hydrogen-bond donors (Lipinski definition) is 1. The van der Waals surface area contributed by atoms with Gasteiger partial charge < -0.3 is 14.6 Å². The molecule has 0 radical (unpaired) electrons. The number of methoxy groups -OCH3 is 1. The lowest BCUT2D eigenvalue weighted by Gasteiger charge is -2.20. The van der Waals surface area contributed by atoms with E-state index in [1.165, 1.54) is 0 Å². The Balaban J connectivity index is 1.63. The molecule has 0 bridgehead atoms. The van der Waals surface area contributed by atoms with Crippen LogP contribution in [0.4, 0.5) is 0 Å². The molecule has 5 heteroatoms. The van der Waals surface area contributed by atoms with Crippen LogP contribution in [-0.4, -0.2) is 22.6 Å². The van der Waals surface area contributed by atoms with Crippen LogP contribution < -0.4 is 10.1 Å². The van der Waals surface area contributed by atoms with E-state index in [9.17, 15) is 4.79 Å². The smallest absolute Gasteiger partial charge is 0.220 e. The maximum Gasteiger partial charge on any atom is 0.220 e. The third-order valence-corrected chi connectivity index (χ3v) is 4.26. The van der Waals surface area contributed by atoms with Gasteiger partial charge in [0.25, 0.3) is 0 Å². The first-order chi connectivity index (χ1) is 12.7. The van der Waals surface area contributed by atoms with Crippen LogP contribution in [0, 0.1) is 0 Å². The molecule has 5 nitrogen and oxygen atoms in total. The van der Waals surface area contributed by atoms with Crippen LogP contribution in [0.2, 0.25) is 0 Å². The molecule has 0 aliphatic rings. The average molecular weight is 349 g/mol. The van der Waals surface area contributed by atoms with Crippen molar-refractivity contribution in [2.45, 2.75) is 25.4 Å². The summed E-state index contributed by atoms with van der Waals surface area (Å²) in [7, 11) is 1.65. The fourth-order valence-corrected chi connectivity index (χ4v) is 2.88. The maximum atomic E-state index is 12.5. The Hall–Kier alpha value is -3.08. The second-order valence-corrected chi connectivity index (χ2v) is 6.14. The number of aromatic nitrogens is 2. The minimum absolute atomic E-state index is 0.0294. The van der Waals surface area contributed by atoms with Crippen molar-refractivity contribution in [1.29, 1.82) is 0 Å². The summed E-state index contributed by atoms with van der Waals surface area (Å²) in [5.74, 6) is 0.840. The van der Waals surface area contributed by atoms with Crippen molar-refractivity contribution in [3.8, 4) is 5.75 Å². The summed E-state index contributed by atoms with van der Waals surface area (Å²) in [6.07, 6.45) is 6.51. The maximum absolute atomic E-state index is 12.5. The summed E-state index contributed by atoms with van der Waals surface area (Å²) in [6.45, 7) is 0.648. The van der Waals surface area contributed by atoms with Crippen LogP contribution in [0.3, 0.4) is 0 Å². The van der Waals surface area contributed by atoms with Gasteiger partial charge in [0.1, 0.15) is 5.75 Å². The van der Waals surface area contributed by atoms with Crippen LogP contribution in [0.1, 0.15) is 23.6 Å². The summed E-state index contributed by atoms with van der Waals surface area (Å²) in [5.41, 5.74) is 2.17. The van der Waals surface area contributed by atoms with Crippen molar-refractivity contribution in [2.24, 2.45) is 0 Å². The largest absolute Gasteiger partial charge is 0.497 e. The van der Waals surface area contributed by atoms with Crippen molar-refractivity contribution in [3.05, 3.63) is 84.4 Å². The summed E-state index contributed by atoms with van der Waals surface area (Å²) in [6, 6.07) is 17.7. The number of ether oxygens (including phenoxy) is 1. The molecule has 1 atom stereocenters. The van der Waals surface area contributed by atoms with Gasteiger partial charge in [0.15, 0.2) is 0 Å². The first-order valence-electron chi connectivity index (χ1n) is 8.67. The molecule has 2 aromatic carbocycles. The molecule has 1 N–H and O–H groups in total. The minimum atomic E-state index is -0.0943. The molecular formula is C21H23N3O2. The topological polar surface area (TPSA) is 56.1 Å². The molecule has 0 fully saturated rings. The van der Waals surface area contributed by atoms with Crippen molar-refractivity contribution >= 4 is 5.91 Å². The van der Waals surface area contributed by atoms with E-state index in [1.807, 2.05) is 65.4 Å². The number of aryl methyl sites for hydroxylation is 1. The molecule has 1 amide bonds. The Kier molecular flexibility index (Phi) is 6.04. The lowest BCUT2D eigenvalue weighted by molar-refractivity contribution is -0.121. The zero-order valence-corrected chi connectivity index (χ0v) is 14.8. The average Bonchev–Trinajstić information content (AvgIpc) is 3.20. The quantitative estimate of drug-likeness (QED) is 0.678. The number of carbonyl (C=O) groups is 1. The van der Waals surface area contributed by atoms with Crippen LogP contribution >= 0.6 is 0 Å². The first-order valence-corrected chi connectivity index (χ1v) is 8.67. The lowest BCUT2D eigenvalue weighted by Crippen LogP contribution is -2.31. The number of nitrogens with zero attached hydrogens (tertiary/aromatic N) is 2. The van der Waals surface area contributed by atoms with Crippen molar-refractivity contribution < 1.29 is 9.53 Å². The molecule has 134 valence electrons. The van der Waals surface area contributed by atoms with Gasteiger partial charge in [-0.15, -0.1) is 0 Å². The molecule has 0 aliphatic heterocycles. The van der Waals surface area contributed by atoms with Crippen molar-refractivity contribution in [3.63, 3.8) is 0 Å². The second-order valence-electron chi connectivity index (χ2n) is 6.14. The molecule has 0 aliphatic carbocycles. The van der Waals surface area contributed by atoms with Gasteiger partial charge in [0.05, 0.1) is 19.5 Å². The van der Waals surface area contributed by atoms with Gasteiger partial charge in [-0.3, -0.25) is 4.79 Å². The molecule has 26 heavy (non-hydrogen) atoms.